The molecule has 3 aromatic rings. The van der Waals surface area contributed by atoms with Gasteiger partial charge in [0.1, 0.15) is 5.82 Å². The van der Waals surface area contributed by atoms with Crippen molar-refractivity contribution in [1.29, 1.82) is 0 Å². The Morgan fingerprint density at radius 2 is 1.62 bits per heavy atom. The van der Waals surface area contributed by atoms with Crippen LogP contribution in [0.1, 0.15) is 24.1 Å². The summed E-state index contributed by atoms with van der Waals surface area (Å²) >= 11 is 1.63. The predicted molar refractivity (Wildman–Crippen MR) is 125 cm³/mol. The lowest BCUT2D eigenvalue weighted by atomic mass is 10.1. The van der Waals surface area contributed by atoms with Crippen LogP contribution in [0.25, 0.3) is 0 Å². The van der Waals surface area contributed by atoms with Gasteiger partial charge in [-0.3, -0.25) is 4.79 Å². The maximum absolute atomic E-state index is 13.3. The number of benzene rings is 3. The molecule has 0 unspecified atom stereocenters. The highest BCUT2D eigenvalue weighted by atomic mass is 32.2. The lowest BCUT2D eigenvalue weighted by Crippen LogP contribution is -2.41. The van der Waals surface area contributed by atoms with Gasteiger partial charge >= 0.3 is 0 Å². The Bertz CT molecular complexity index is 1140. The fourth-order valence-electron chi connectivity index (χ4n) is 3.19. The summed E-state index contributed by atoms with van der Waals surface area (Å²) < 4.78 is 40.9. The van der Waals surface area contributed by atoms with Crippen molar-refractivity contribution in [3.05, 3.63) is 95.8 Å². The van der Waals surface area contributed by atoms with Crippen LogP contribution < -0.4 is 5.32 Å². The van der Waals surface area contributed by atoms with Crippen molar-refractivity contribution in [2.24, 2.45) is 0 Å². The molecule has 0 saturated heterocycles. The van der Waals surface area contributed by atoms with Crippen LogP contribution in [0.15, 0.2) is 88.7 Å². The second kappa shape index (κ2) is 10.8. The van der Waals surface area contributed by atoms with Gasteiger partial charge in [-0.2, -0.15) is 4.31 Å². The Hall–Kier alpha value is -2.68. The summed E-state index contributed by atoms with van der Waals surface area (Å²) in [7, 11) is -4.02. The van der Waals surface area contributed by atoms with Crippen LogP contribution in [0.3, 0.4) is 0 Å². The summed E-state index contributed by atoms with van der Waals surface area (Å²) in [5.41, 5.74) is 1.67. The minimum atomic E-state index is -4.02. The fraction of sp³-hybridized carbons (Fsp3) is 0.208. The predicted octanol–water partition coefficient (Wildman–Crippen LogP) is 4.62. The molecule has 0 aliphatic carbocycles. The Kier molecular flexibility index (Phi) is 8.06. The van der Waals surface area contributed by atoms with Gasteiger partial charge in [-0.1, -0.05) is 42.5 Å². The quantitative estimate of drug-likeness (QED) is 0.462. The van der Waals surface area contributed by atoms with Crippen LogP contribution in [-0.4, -0.2) is 31.4 Å². The number of sulfonamides is 1. The number of rotatable bonds is 9. The highest BCUT2D eigenvalue weighted by Crippen LogP contribution is 2.21. The van der Waals surface area contributed by atoms with Crippen molar-refractivity contribution < 1.29 is 17.6 Å². The average molecular weight is 473 g/mol. The van der Waals surface area contributed by atoms with Gasteiger partial charge in [0.2, 0.25) is 15.9 Å². The van der Waals surface area contributed by atoms with Crippen molar-refractivity contribution in [2.45, 2.75) is 29.3 Å². The minimum Gasteiger partial charge on any atom is -0.348 e. The summed E-state index contributed by atoms with van der Waals surface area (Å²) in [6, 6.07) is 21.2. The second-order valence-corrected chi connectivity index (χ2v) is 10.1. The molecule has 0 aliphatic heterocycles. The molecule has 1 atom stereocenters. The Balaban J connectivity index is 1.79. The first-order valence-corrected chi connectivity index (χ1v) is 12.7. The molecule has 0 radical (unpaired) electrons. The number of halogens is 1. The third-order valence-corrected chi connectivity index (χ3v) is 7.52. The first-order chi connectivity index (χ1) is 15.3. The molecule has 0 bridgehead atoms. The van der Waals surface area contributed by atoms with Gasteiger partial charge < -0.3 is 5.32 Å². The minimum absolute atomic E-state index is 0.0186. The van der Waals surface area contributed by atoms with Gasteiger partial charge in [-0.15, -0.1) is 11.8 Å². The topological polar surface area (TPSA) is 66.5 Å². The van der Waals surface area contributed by atoms with Crippen molar-refractivity contribution in [3.8, 4) is 0 Å². The van der Waals surface area contributed by atoms with E-state index in [1.807, 2.05) is 43.5 Å². The molecule has 32 heavy (non-hydrogen) atoms. The van der Waals surface area contributed by atoms with E-state index in [9.17, 15) is 17.6 Å². The Labute approximate surface area is 192 Å². The maximum Gasteiger partial charge on any atom is 0.243 e. The number of hydrogen-bond acceptors (Lipinski definition) is 4. The smallest absolute Gasteiger partial charge is 0.243 e. The first-order valence-electron chi connectivity index (χ1n) is 10.0. The number of nitrogens with zero attached hydrogens (tertiary/aromatic N) is 1. The molecule has 1 amide bonds. The zero-order chi connectivity index (χ0) is 23.1. The van der Waals surface area contributed by atoms with Gasteiger partial charge in [-0.25, -0.2) is 12.8 Å². The Morgan fingerprint density at radius 1 is 1.00 bits per heavy atom. The molecule has 0 heterocycles. The van der Waals surface area contributed by atoms with E-state index in [4.69, 9.17) is 0 Å². The first kappa shape index (κ1) is 24.0. The van der Waals surface area contributed by atoms with Gasteiger partial charge in [0.15, 0.2) is 0 Å². The molecule has 1 N–H and O–H groups in total. The molecule has 0 spiro atoms. The third kappa shape index (κ3) is 6.18. The monoisotopic (exact) mass is 472 g/mol. The largest absolute Gasteiger partial charge is 0.348 e. The van der Waals surface area contributed by atoms with Crippen molar-refractivity contribution in [2.75, 3.05) is 12.8 Å². The number of amides is 1. The lowest BCUT2D eigenvalue weighted by Gasteiger charge is -2.23. The van der Waals surface area contributed by atoms with Crippen LogP contribution in [0.4, 0.5) is 4.39 Å². The van der Waals surface area contributed by atoms with E-state index < -0.39 is 21.7 Å². The molecule has 168 valence electrons. The molecule has 5 nitrogen and oxygen atoms in total. The molecule has 8 heteroatoms. The summed E-state index contributed by atoms with van der Waals surface area (Å²) in [4.78, 5) is 13.9. The number of carbonyl (C=O) groups is 1. The molecule has 0 fully saturated rings. The van der Waals surface area contributed by atoms with Gasteiger partial charge in [0.25, 0.3) is 0 Å². The van der Waals surface area contributed by atoms with E-state index in [2.05, 4.69) is 5.32 Å². The summed E-state index contributed by atoms with van der Waals surface area (Å²) in [5.74, 6) is -0.953. The summed E-state index contributed by atoms with van der Waals surface area (Å²) in [6.07, 6.45) is 1.99. The molecule has 3 rings (SSSR count). The zero-order valence-corrected chi connectivity index (χ0v) is 19.5. The number of hydrogen-bond donors (Lipinski definition) is 1. The van der Waals surface area contributed by atoms with E-state index in [-0.39, 0.29) is 24.0 Å². The molecule has 0 saturated carbocycles. The van der Waals surface area contributed by atoms with Crippen LogP contribution >= 0.6 is 11.8 Å². The molecular weight excluding hydrogens is 447 g/mol. The number of nitrogens with one attached hydrogen (secondary N) is 1. The number of carbonyl (C=O) groups excluding carboxylic acids is 1. The highest BCUT2D eigenvalue weighted by Gasteiger charge is 2.27. The number of thioether (sulfide) groups is 1. The zero-order valence-electron chi connectivity index (χ0n) is 17.9. The van der Waals surface area contributed by atoms with E-state index in [0.29, 0.717) is 0 Å². The van der Waals surface area contributed by atoms with Crippen molar-refractivity contribution >= 4 is 27.7 Å². The standard InChI is InChI=1S/C24H25FN2O3S2/c1-18(20-8-12-22(31-2)13-9-20)26-24(28)17-27(16-19-6-4-3-5-7-19)32(29,30)23-14-10-21(25)11-15-23/h3-15,18H,16-17H2,1-2H3,(H,26,28)/t18-/m1/s1. The van der Waals surface area contributed by atoms with E-state index in [0.717, 1.165) is 32.5 Å². The van der Waals surface area contributed by atoms with E-state index in [1.54, 1.807) is 36.0 Å². The highest BCUT2D eigenvalue weighted by molar-refractivity contribution is 7.98. The van der Waals surface area contributed by atoms with Crippen LogP contribution in [0, 0.1) is 5.82 Å². The normalized spacial score (nSPS) is 12.5. The second-order valence-electron chi connectivity index (χ2n) is 7.27. The van der Waals surface area contributed by atoms with Gasteiger partial charge in [0.05, 0.1) is 17.5 Å². The molecule has 0 aliphatic rings. The Morgan fingerprint density at radius 3 is 2.22 bits per heavy atom. The van der Waals surface area contributed by atoms with Gasteiger partial charge in [-0.05, 0) is 60.7 Å². The van der Waals surface area contributed by atoms with E-state index >= 15 is 0 Å². The van der Waals surface area contributed by atoms with Gasteiger partial charge in [0, 0.05) is 11.4 Å². The van der Waals surface area contributed by atoms with E-state index in [1.165, 1.54) is 12.1 Å². The summed E-state index contributed by atoms with van der Waals surface area (Å²) in [5, 5.41) is 2.87. The van der Waals surface area contributed by atoms with Crippen LogP contribution in [0.5, 0.6) is 0 Å². The fourth-order valence-corrected chi connectivity index (χ4v) is 4.98. The lowest BCUT2D eigenvalue weighted by molar-refractivity contribution is -0.122. The van der Waals surface area contributed by atoms with Crippen molar-refractivity contribution in [3.63, 3.8) is 0 Å². The van der Waals surface area contributed by atoms with Crippen LogP contribution in [-0.2, 0) is 21.4 Å². The summed E-state index contributed by atoms with van der Waals surface area (Å²) in [6.45, 7) is 1.51. The molecule has 3 aromatic carbocycles. The van der Waals surface area contributed by atoms with Crippen molar-refractivity contribution in [1.82, 2.24) is 9.62 Å². The average Bonchev–Trinajstić information content (AvgIpc) is 2.79. The van der Waals surface area contributed by atoms with Crippen LogP contribution in [0.2, 0.25) is 0 Å². The maximum atomic E-state index is 13.3. The molecule has 0 aromatic heterocycles. The third-order valence-electron chi connectivity index (χ3n) is 4.97. The SMILES string of the molecule is CSc1ccc([C@@H](C)NC(=O)CN(Cc2ccccc2)S(=O)(=O)c2ccc(F)cc2)cc1. The molecular formula is C24H25FN2O3S2.